The smallest absolute Gasteiger partial charge is 0.312 e. The highest BCUT2D eigenvalue weighted by Gasteiger charge is 2.35. The van der Waals surface area contributed by atoms with E-state index in [4.69, 9.17) is 0 Å². The molecule has 1 unspecified atom stereocenters. The van der Waals surface area contributed by atoms with Gasteiger partial charge in [0.1, 0.15) is 6.54 Å². The summed E-state index contributed by atoms with van der Waals surface area (Å²) < 4.78 is 0. The number of hydrogen-bond donors (Lipinski definition) is 1. The van der Waals surface area contributed by atoms with E-state index in [9.17, 15) is 14.4 Å². The van der Waals surface area contributed by atoms with Crippen LogP contribution in [-0.2, 0) is 20.8 Å². The molecule has 2 aliphatic heterocycles. The van der Waals surface area contributed by atoms with Crippen LogP contribution in [0.25, 0.3) is 0 Å². The fourth-order valence-corrected chi connectivity index (χ4v) is 3.70. The molecule has 2 aliphatic rings. The summed E-state index contributed by atoms with van der Waals surface area (Å²) in [7, 11) is 0. The average molecular weight is 372 g/mol. The fraction of sp³-hybridized carbons (Fsp3) is 0.550. The molecule has 0 aromatic heterocycles. The standard InChI is InChI=1S/C20H28N4O3/c1-3-15-5-7-16(8-6-15)17-13-21-9-10-24(17)18(25)14-23-12-11-22(4-2)19(26)20(23)27/h5-8,17,21H,3-4,9-14H2,1-2H3. The van der Waals surface area contributed by atoms with E-state index in [1.54, 1.807) is 0 Å². The largest absolute Gasteiger partial charge is 0.333 e. The molecular weight excluding hydrogens is 344 g/mol. The first kappa shape index (κ1) is 19.4. The summed E-state index contributed by atoms with van der Waals surface area (Å²) in [6, 6.07) is 8.29. The molecule has 2 heterocycles. The van der Waals surface area contributed by atoms with Crippen molar-refractivity contribution in [1.29, 1.82) is 0 Å². The highest BCUT2D eigenvalue weighted by molar-refractivity contribution is 6.35. The van der Waals surface area contributed by atoms with Crippen molar-refractivity contribution in [3.63, 3.8) is 0 Å². The lowest BCUT2D eigenvalue weighted by Crippen LogP contribution is -2.58. The van der Waals surface area contributed by atoms with Crippen LogP contribution in [-0.4, -0.2) is 78.2 Å². The van der Waals surface area contributed by atoms with Crippen LogP contribution in [0, 0.1) is 0 Å². The summed E-state index contributed by atoms with van der Waals surface area (Å²) in [5.74, 6) is -1.19. The second-order valence-electron chi connectivity index (χ2n) is 7.01. The Morgan fingerprint density at radius 2 is 1.70 bits per heavy atom. The van der Waals surface area contributed by atoms with E-state index in [-0.39, 0.29) is 18.5 Å². The zero-order chi connectivity index (χ0) is 19.4. The number of nitrogens with one attached hydrogen (secondary N) is 1. The molecule has 2 fully saturated rings. The van der Waals surface area contributed by atoms with Gasteiger partial charge in [-0.05, 0) is 24.5 Å². The second-order valence-corrected chi connectivity index (χ2v) is 7.01. The number of amides is 3. The predicted molar refractivity (Wildman–Crippen MR) is 102 cm³/mol. The van der Waals surface area contributed by atoms with Crippen molar-refractivity contribution in [3.05, 3.63) is 35.4 Å². The van der Waals surface area contributed by atoms with Gasteiger partial charge >= 0.3 is 11.8 Å². The van der Waals surface area contributed by atoms with Gasteiger partial charge in [0.25, 0.3) is 0 Å². The normalized spacial score (nSPS) is 21.0. The summed E-state index contributed by atoms with van der Waals surface area (Å²) in [5.41, 5.74) is 2.35. The number of carbonyl (C=O) groups excluding carboxylic acids is 3. The quantitative estimate of drug-likeness (QED) is 0.760. The SMILES string of the molecule is CCc1ccc(C2CNCCN2C(=O)CN2CCN(CC)C(=O)C2=O)cc1. The highest BCUT2D eigenvalue weighted by atomic mass is 16.2. The molecule has 1 aromatic rings. The topological polar surface area (TPSA) is 73.0 Å². The van der Waals surface area contributed by atoms with Gasteiger partial charge in [0.05, 0.1) is 6.04 Å². The highest BCUT2D eigenvalue weighted by Crippen LogP contribution is 2.23. The molecule has 0 bridgehead atoms. The van der Waals surface area contributed by atoms with E-state index in [0.717, 1.165) is 18.5 Å². The van der Waals surface area contributed by atoms with Crippen LogP contribution in [0.2, 0.25) is 0 Å². The third-order valence-corrected chi connectivity index (χ3v) is 5.44. The van der Waals surface area contributed by atoms with Crippen LogP contribution in [0.15, 0.2) is 24.3 Å². The molecule has 0 saturated carbocycles. The van der Waals surface area contributed by atoms with Crippen LogP contribution in [0.5, 0.6) is 0 Å². The number of aryl methyl sites for hydroxylation is 1. The van der Waals surface area contributed by atoms with Gasteiger partial charge in [-0.2, -0.15) is 0 Å². The van der Waals surface area contributed by atoms with E-state index in [1.165, 1.54) is 15.4 Å². The molecular formula is C20H28N4O3. The fourth-order valence-electron chi connectivity index (χ4n) is 3.70. The minimum Gasteiger partial charge on any atom is -0.333 e. The molecule has 146 valence electrons. The molecule has 0 radical (unpaired) electrons. The first-order valence-electron chi connectivity index (χ1n) is 9.72. The number of piperazine rings is 2. The molecule has 0 spiro atoms. The van der Waals surface area contributed by atoms with Crippen LogP contribution < -0.4 is 5.32 Å². The summed E-state index contributed by atoms with van der Waals surface area (Å²) in [6.45, 7) is 7.34. The van der Waals surface area contributed by atoms with E-state index < -0.39 is 11.8 Å². The van der Waals surface area contributed by atoms with Gasteiger partial charge < -0.3 is 20.0 Å². The molecule has 2 saturated heterocycles. The van der Waals surface area contributed by atoms with Crippen molar-refractivity contribution in [2.75, 3.05) is 45.8 Å². The predicted octanol–water partition coefficient (Wildman–Crippen LogP) is 0.413. The van der Waals surface area contributed by atoms with Gasteiger partial charge in [0.2, 0.25) is 5.91 Å². The summed E-state index contributed by atoms with van der Waals surface area (Å²) in [4.78, 5) is 42.1. The van der Waals surface area contributed by atoms with Gasteiger partial charge in [-0.1, -0.05) is 31.2 Å². The van der Waals surface area contributed by atoms with Gasteiger partial charge in [0.15, 0.2) is 0 Å². The number of rotatable bonds is 5. The van der Waals surface area contributed by atoms with Crippen molar-refractivity contribution >= 4 is 17.7 Å². The maximum atomic E-state index is 13.0. The Balaban J connectivity index is 1.70. The number of nitrogens with zero attached hydrogens (tertiary/aromatic N) is 3. The zero-order valence-electron chi connectivity index (χ0n) is 16.1. The Hall–Kier alpha value is -2.41. The second kappa shape index (κ2) is 8.52. The van der Waals surface area contributed by atoms with E-state index in [2.05, 4.69) is 36.5 Å². The van der Waals surface area contributed by atoms with E-state index in [0.29, 0.717) is 32.7 Å². The number of benzene rings is 1. The van der Waals surface area contributed by atoms with Crippen LogP contribution >= 0.6 is 0 Å². The Bertz CT molecular complexity index is 704. The Morgan fingerprint density at radius 3 is 2.37 bits per heavy atom. The number of hydrogen-bond acceptors (Lipinski definition) is 4. The molecule has 7 heteroatoms. The number of carbonyl (C=O) groups is 3. The maximum absolute atomic E-state index is 13.0. The van der Waals surface area contributed by atoms with Crippen LogP contribution in [0.4, 0.5) is 0 Å². The lowest BCUT2D eigenvalue weighted by Gasteiger charge is -2.39. The summed E-state index contributed by atoms with van der Waals surface area (Å²) in [6.07, 6.45) is 0.978. The Labute approximate surface area is 160 Å². The molecule has 1 aromatic carbocycles. The minimum absolute atomic E-state index is 0.0360. The van der Waals surface area contributed by atoms with Crippen molar-refractivity contribution in [3.8, 4) is 0 Å². The molecule has 1 N–H and O–H groups in total. The van der Waals surface area contributed by atoms with Gasteiger partial charge in [0, 0.05) is 39.3 Å². The third kappa shape index (κ3) is 4.13. The van der Waals surface area contributed by atoms with Crippen molar-refractivity contribution in [1.82, 2.24) is 20.0 Å². The Kier molecular flexibility index (Phi) is 6.11. The first-order chi connectivity index (χ1) is 13.0. The third-order valence-electron chi connectivity index (χ3n) is 5.44. The van der Waals surface area contributed by atoms with Crippen molar-refractivity contribution in [2.45, 2.75) is 26.3 Å². The number of likely N-dealkylation sites (N-methyl/N-ethyl adjacent to an activating group) is 1. The molecule has 3 rings (SSSR count). The van der Waals surface area contributed by atoms with Crippen molar-refractivity contribution < 1.29 is 14.4 Å². The maximum Gasteiger partial charge on any atom is 0.312 e. The molecule has 7 nitrogen and oxygen atoms in total. The van der Waals surface area contributed by atoms with Crippen molar-refractivity contribution in [2.24, 2.45) is 0 Å². The van der Waals surface area contributed by atoms with E-state index >= 15 is 0 Å². The van der Waals surface area contributed by atoms with Gasteiger partial charge in [-0.15, -0.1) is 0 Å². The van der Waals surface area contributed by atoms with E-state index in [1.807, 2.05) is 11.8 Å². The zero-order valence-corrected chi connectivity index (χ0v) is 16.1. The summed E-state index contributed by atoms with van der Waals surface area (Å²) in [5, 5.41) is 3.34. The monoisotopic (exact) mass is 372 g/mol. The van der Waals surface area contributed by atoms with Crippen LogP contribution in [0.3, 0.4) is 0 Å². The minimum atomic E-state index is -0.574. The molecule has 1 atom stereocenters. The average Bonchev–Trinajstić information content (AvgIpc) is 2.71. The molecule has 0 aliphatic carbocycles. The Morgan fingerprint density at radius 1 is 1.04 bits per heavy atom. The lowest BCUT2D eigenvalue weighted by atomic mass is 10.0. The molecule has 3 amide bonds. The first-order valence-corrected chi connectivity index (χ1v) is 9.72. The van der Waals surface area contributed by atoms with Gasteiger partial charge in [-0.25, -0.2) is 0 Å². The summed E-state index contributed by atoms with van der Waals surface area (Å²) >= 11 is 0. The van der Waals surface area contributed by atoms with Crippen LogP contribution in [0.1, 0.15) is 31.0 Å². The molecule has 27 heavy (non-hydrogen) atoms. The lowest BCUT2D eigenvalue weighted by molar-refractivity contribution is -0.158. The van der Waals surface area contributed by atoms with Gasteiger partial charge in [-0.3, -0.25) is 14.4 Å².